The minimum Gasteiger partial charge on any atom is -0.465 e. The second-order valence-corrected chi connectivity index (χ2v) is 7.69. The van der Waals surface area contributed by atoms with Crippen molar-refractivity contribution in [2.75, 3.05) is 26.3 Å². The first-order valence-electron chi connectivity index (χ1n) is 9.59. The van der Waals surface area contributed by atoms with Gasteiger partial charge in [0.2, 0.25) is 0 Å². The van der Waals surface area contributed by atoms with E-state index in [1.165, 1.54) is 12.0 Å². The fourth-order valence-corrected chi connectivity index (χ4v) is 4.37. The third-order valence-corrected chi connectivity index (χ3v) is 5.65. The zero-order chi connectivity index (χ0) is 17.8. The van der Waals surface area contributed by atoms with Crippen LogP contribution >= 0.6 is 0 Å². The Morgan fingerprint density at radius 3 is 2.96 bits per heavy atom. The highest BCUT2D eigenvalue weighted by Crippen LogP contribution is 2.41. The van der Waals surface area contributed by atoms with E-state index >= 15 is 0 Å². The Morgan fingerprint density at radius 2 is 2.15 bits per heavy atom. The molecule has 0 bridgehead atoms. The standard InChI is InChI=1S/C21H28N2O3/c1-17-3-4-19(26-17)13-23-11-7-20-21(15-23,8-2-12-25-20)16-24-14-18-5-9-22-10-6-18/h3-6,9-10,20H,2,7-8,11-16H2,1H3/t20-,21-/m0/s1. The zero-order valence-corrected chi connectivity index (χ0v) is 15.5. The Morgan fingerprint density at radius 1 is 1.27 bits per heavy atom. The number of aromatic nitrogens is 1. The number of rotatable bonds is 6. The summed E-state index contributed by atoms with van der Waals surface area (Å²) in [5, 5.41) is 0. The number of pyridine rings is 1. The molecule has 4 heterocycles. The molecule has 5 heteroatoms. The fourth-order valence-electron chi connectivity index (χ4n) is 4.37. The molecule has 0 amide bonds. The van der Waals surface area contributed by atoms with Gasteiger partial charge in [0.05, 0.1) is 25.9 Å². The van der Waals surface area contributed by atoms with Crippen molar-refractivity contribution in [2.24, 2.45) is 5.41 Å². The Labute approximate surface area is 155 Å². The van der Waals surface area contributed by atoms with E-state index in [9.17, 15) is 0 Å². The summed E-state index contributed by atoms with van der Waals surface area (Å²) in [7, 11) is 0. The Bertz CT molecular complexity index is 702. The lowest BCUT2D eigenvalue weighted by molar-refractivity contribution is -0.156. The van der Waals surface area contributed by atoms with Crippen molar-refractivity contribution in [3.8, 4) is 0 Å². The second-order valence-electron chi connectivity index (χ2n) is 7.69. The third kappa shape index (κ3) is 4.00. The van der Waals surface area contributed by atoms with Crippen molar-refractivity contribution < 1.29 is 13.9 Å². The molecule has 2 aromatic rings. The lowest BCUT2D eigenvalue weighted by Crippen LogP contribution is -2.56. The number of hydrogen-bond donors (Lipinski definition) is 0. The van der Waals surface area contributed by atoms with Gasteiger partial charge in [-0.25, -0.2) is 0 Å². The molecule has 140 valence electrons. The average molecular weight is 356 g/mol. The molecule has 2 aliphatic rings. The predicted molar refractivity (Wildman–Crippen MR) is 98.6 cm³/mol. The van der Waals surface area contributed by atoms with Crippen LogP contribution in [0.1, 0.15) is 36.3 Å². The molecular weight excluding hydrogens is 328 g/mol. The predicted octanol–water partition coefficient (Wildman–Crippen LogP) is 3.57. The van der Waals surface area contributed by atoms with Gasteiger partial charge in [-0.1, -0.05) is 0 Å². The molecule has 2 fully saturated rings. The van der Waals surface area contributed by atoms with E-state index in [0.717, 1.165) is 57.2 Å². The minimum atomic E-state index is 0.0885. The number of piperidine rings is 1. The summed E-state index contributed by atoms with van der Waals surface area (Å²) in [4.78, 5) is 6.57. The maximum Gasteiger partial charge on any atom is 0.118 e. The molecule has 26 heavy (non-hydrogen) atoms. The van der Waals surface area contributed by atoms with Crippen molar-refractivity contribution in [1.29, 1.82) is 0 Å². The average Bonchev–Trinajstić information content (AvgIpc) is 3.07. The number of ether oxygens (including phenoxy) is 2. The van der Waals surface area contributed by atoms with Crippen LogP contribution in [0.4, 0.5) is 0 Å². The van der Waals surface area contributed by atoms with E-state index in [1.807, 2.05) is 37.5 Å². The topological polar surface area (TPSA) is 47.7 Å². The van der Waals surface area contributed by atoms with Crippen LogP contribution in [0.5, 0.6) is 0 Å². The molecule has 0 N–H and O–H groups in total. The van der Waals surface area contributed by atoms with Crippen molar-refractivity contribution in [3.05, 3.63) is 53.7 Å². The Balaban J connectivity index is 1.40. The summed E-state index contributed by atoms with van der Waals surface area (Å²) in [5.41, 5.74) is 1.26. The Kier molecular flexibility index (Phi) is 5.38. The molecular formula is C21H28N2O3. The van der Waals surface area contributed by atoms with Gasteiger partial charge in [0.15, 0.2) is 0 Å². The summed E-state index contributed by atoms with van der Waals surface area (Å²) in [5.74, 6) is 2.02. The molecule has 2 aliphatic heterocycles. The van der Waals surface area contributed by atoms with Gasteiger partial charge in [-0.3, -0.25) is 9.88 Å². The second kappa shape index (κ2) is 7.91. The number of aryl methyl sites for hydroxylation is 1. The molecule has 2 aromatic heterocycles. The van der Waals surface area contributed by atoms with Crippen LogP contribution in [0, 0.1) is 12.3 Å². The van der Waals surface area contributed by atoms with Crippen LogP contribution in [-0.4, -0.2) is 42.3 Å². The molecule has 0 spiro atoms. The SMILES string of the molecule is Cc1ccc(CN2CC[C@@H]3OCCC[C@@]3(COCc3ccncc3)C2)o1. The molecule has 0 aliphatic carbocycles. The van der Waals surface area contributed by atoms with Gasteiger partial charge in [-0.05, 0) is 56.0 Å². The molecule has 0 saturated carbocycles. The zero-order valence-electron chi connectivity index (χ0n) is 15.5. The minimum absolute atomic E-state index is 0.0885. The van der Waals surface area contributed by atoms with Gasteiger partial charge in [0.1, 0.15) is 11.5 Å². The van der Waals surface area contributed by atoms with Crippen LogP contribution in [0.25, 0.3) is 0 Å². The highest BCUT2D eigenvalue weighted by Gasteiger charge is 2.46. The first-order valence-corrected chi connectivity index (χ1v) is 9.59. The van der Waals surface area contributed by atoms with E-state index in [1.54, 1.807) is 0 Å². The smallest absolute Gasteiger partial charge is 0.118 e. The van der Waals surface area contributed by atoms with Gasteiger partial charge < -0.3 is 13.9 Å². The lowest BCUT2D eigenvalue weighted by atomic mass is 9.73. The number of likely N-dealkylation sites (tertiary alicyclic amines) is 1. The summed E-state index contributed by atoms with van der Waals surface area (Å²) in [6, 6.07) is 8.16. The highest BCUT2D eigenvalue weighted by molar-refractivity contribution is 5.08. The van der Waals surface area contributed by atoms with E-state index < -0.39 is 0 Å². The van der Waals surface area contributed by atoms with Gasteiger partial charge >= 0.3 is 0 Å². The molecule has 5 nitrogen and oxygen atoms in total. The summed E-state index contributed by atoms with van der Waals surface area (Å²) in [6.07, 6.45) is 7.29. The van der Waals surface area contributed by atoms with Crippen molar-refractivity contribution in [2.45, 2.75) is 45.4 Å². The van der Waals surface area contributed by atoms with E-state index in [2.05, 4.69) is 16.0 Å². The molecule has 0 radical (unpaired) electrons. The monoisotopic (exact) mass is 356 g/mol. The van der Waals surface area contributed by atoms with Crippen LogP contribution in [0.2, 0.25) is 0 Å². The van der Waals surface area contributed by atoms with Crippen LogP contribution in [-0.2, 0) is 22.6 Å². The van der Waals surface area contributed by atoms with Gasteiger partial charge in [-0.2, -0.15) is 0 Å². The number of fused-ring (bicyclic) bond motifs is 1. The quantitative estimate of drug-likeness (QED) is 0.792. The largest absolute Gasteiger partial charge is 0.465 e. The maximum atomic E-state index is 6.16. The molecule has 2 atom stereocenters. The van der Waals surface area contributed by atoms with E-state index in [4.69, 9.17) is 13.9 Å². The summed E-state index contributed by atoms with van der Waals surface area (Å²) >= 11 is 0. The maximum absolute atomic E-state index is 6.16. The molecule has 0 unspecified atom stereocenters. The van der Waals surface area contributed by atoms with E-state index in [0.29, 0.717) is 12.7 Å². The first kappa shape index (κ1) is 17.7. The lowest BCUT2D eigenvalue weighted by Gasteiger charge is -2.50. The first-order chi connectivity index (χ1) is 12.7. The van der Waals surface area contributed by atoms with Gasteiger partial charge in [-0.15, -0.1) is 0 Å². The summed E-state index contributed by atoms with van der Waals surface area (Å²) in [6.45, 7) is 7.19. The molecule has 4 rings (SSSR count). The summed E-state index contributed by atoms with van der Waals surface area (Å²) < 4.78 is 18.1. The fraction of sp³-hybridized carbons (Fsp3) is 0.571. The number of nitrogens with zero attached hydrogens (tertiary/aromatic N) is 2. The molecule has 0 aromatic carbocycles. The van der Waals surface area contributed by atoms with Gasteiger partial charge in [0, 0.05) is 37.5 Å². The van der Waals surface area contributed by atoms with Crippen molar-refractivity contribution in [1.82, 2.24) is 9.88 Å². The molecule has 2 saturated heterocycles. The van der Waals surface area contributed by atoms with Crippen molar-refractivity contribution >= 4 is 0 Å². The third-order valence-electron chi connectivity index (χ3n) is 5.65. The number of hydrogen-bond acceptors (Lipinski definition) is 5. The highest BCUT2D eigenvalue weighted by atomic mass is 16.5. The number of furan rings is 1. The van der Waals surface area contributed by atoms with Gasteiger partial charge in [0.25, 0.3) is 0 Å². The normalized spacial score (nSPS) is 26.6. The van der Waals surface area contributed by atoms with Crippen LogP contribution in [0.15, 0.2) is 41.1 Å². The van der Waals surface area contributed by atoms with Crippen molar-refractivity contribution in [3.63, 3.8) is 0 Å². The van der Waals surface area contributed by atoms with E-state index in [-0.39, 0.29) is 5.41 Å². The Hall–Kier alpha value is -1.69. The van der Waals surface area contributed by atoms with Crippen LogP contribution < -0.4 is 0 Å². The van der Waals surface area contributed by atoms with Crippen LogP contribution in [0.3, 0.4) is 0 Å².